The number of carbonyl (C=O) groups is 1. The molecule has 1 aromatic heterocycles. The first-order chi connectivity index (χ1) is 9.28. The minimum atomic E-state index is -0.483. The van der Waals surface area contributed by atoms with Gasteiger partial charge in [-0.15, -0.1) is 0 Å². The lowest BCUT2D eigenvalue weighted by Crippen LogP contribution is -2.40. The second kappa shape index (κ2) is 5.55. The van der Waals surface area contributed by atoms with Crippen LogP contribution in [0.4, 0.5) is 4.79 Å². The van der Waals surface area contributed by atoms with Gasteiger partial charge in [-0.05, 0) is 45.8 Å². The highest BCUT2D eigenvalue weighted by atomic mass is 32.1. The Kier molecular flexibility index (Phi) is 4.17. The van der Waals surface area contributed by atoms with Crippen LogP contribution < -0.4 is 5.32 Å². The molecule has 7 heteroatoms. The second-order valence-corrected chi connectivity index (χ2v) is 6.62. The van der Waals surface area contributed by atoms with Crippen LogP contribution in [0.25, 0.3) is 0 Å². The van der Waals surface area contributed by atoms with Crippen LogP contribution in [0.3, 0.4) is 0 Å². The van der Waals surface area contributed by atoms with E-state index in [4.69, 9.17) is 17.0 Å². The zero-order valence-corrected chi connectivity index (χ0v) is 13.2. The van der Waals surface area contributed by atoms with Gasteiger partial charge in [-0.25, -0.2) is 4.79 Å². The van der Waals surface area contributed by atoms with Gasteiger partial charge in [0, 0.05) is 19.0 Å². The van der Waals surface area contributed by atoms with Crippen LogP contribution in [-0.4, -0.2) is 32.5 Å². The Balaban J connectivity index is 2.07. The third-order valence-electron chi connectivity index (χ3n) is 3.46. The topological polar surface area (TPSA) is 71.9 Å². The number of aromatic nitrogens is 3. The Bertz CT molecular complexity index is 543. The lowest BCUT2D eigenvalue weighted by Gasteiger charge is -2.24. The summed E-state index contributed by atoms with van der Waals surface area (Å²) in [5, 5.41) is 10.0. The predicted molar refractivity (Wildman–Crippen MR) is 78.1 cm³/mol. The zero-order chi connectivity index (χ0) is 14.9. The molecule has 0 unspecified atom stereocenters. The summed E-state index contributed by atoms with van der Waals surface area (Å²) in [7, 11) is 1.89. The van der Waals surface area contributed by atoms with Crippen LogP contribution in [0.15, 0.2) is 0 Å². The summed E-state index contributed by atoms with van der Waals surface area (Å²) in [5.41, 5.74) is -0.483. The largest absolute Gasteiger partial charge is 0.444 e. The van der Waals surface area contributed by atoms with Gasteiger partial charge in [0.05, 0.1) is 0 Å². The summed E-state index contributed by atoms with van der Waals surface area (Å²) in [4.78, 5) is 11.9. The molecule has 1 saturated carbocycles. The lowest BCUT2D eigenvalue weighted by molar-refractivity contribution is 0.0500. The van der Waals surface area contributed by atoms with Gasteiger partial charge in [-0.3, -0.25) is 5.10 Å². The summed E-state index contributed by atoms with van der Waals surface area (Å²) in [6.07, 6.45) is 2.62. The molecule has 1 amide bonds. The van der Waals surface area contributed by atoms with Crippen molar-refractivity contribution in [3.05, 3.63) is 10.6 Å². The van der Waals surface area contributed by atoms with E-state index in [1.807, 2.05) is 32.4 Å². The van der Waals surface area contributed by atoms with Crippen LogP contribution in [-0.2, 0) is 11.8 Å². The molecule has 2 N–H and O–H groups in total. The highest BCUT2D eigenvalue weighted by Gasteiger charge is 2.33. The number of H-pyrrole nitrogens is 1. The highest BCUT2D eigenvalue weighted by molar-refractivity contribution is 7.71. The average Bonchev–Trinajstić information content (AvgIpc) is 2.85. The highest BCUT2D eigenvalue weighted by Crippen LogP contribution is 2.33. The maximum atomic E-state index is 11.9. The molecule has 1 fully saturated rings. The SMILES string of the molecule is Cn1c([C@@H]2CCC[C@@H]2NC(=O)OC(C)(C)C)n[nH]c1=S. The first-order valence-corrected chi connectivity index (χ1v) is 7.29. The zero-order valence-electron chi connectivity index (χ0n) is 12.4. The monoisotopic (exact) mass is 298 g/mol. The first kappa shape index (κ1) is 15.0. The Morgan fingerprint density at radius 1 is 1.50 bits per heavy atom. The van der Waals surface area contributed by atoms with Crippen LogP contribution >= 0.6 is 12.2 Å². The van der Waals surface area contributed by atoms with Crippen molar-refractivity contribution >= 4 is 18.3 Å². The summed E-state index contributed by atoms with van der Waals surface area (Å²) in [6.45, 7) is 5.57. The summed E-state index contributed by atoms with van der Waals surface area (Å²) in [5.74, 6) is 1.08. The van der Waals surface area contributed by atoms with Crippen molar-refractivity contribution in [3.8, 4) is 0 Å². The Hall–Kier alpha value is -1.37. The predicted octanol–water partition coefficient (Wildman–Crippen LogP) is 2.64. The third-order valence-corrected chi connectivity index (χ3v) is 3.83. The minimum Gasteiger partial charge on any atom is -0.444 e. The minimum absolute atomic E-state index is 0.0498. The fraction of sp³-hybridized carbons (Fsp3) is 0.769. The number of amides is 1. The van der Waals surface area contributed by atoms with Gasteiger partial charge >= 0.3 is 6.09 Å². The van der Waals surface area contributed by atoms with Gasteiger partial charge in [-0.1, -0.05) is 6.42 Å². The van der Waals surface area contributed by atoms with Crippen LogP contribution in [0.5, 0.6) is 0 Å². The van der Waals surface area contributed by atoms with Crippen molar-refractivity contribution in [3.63, 3.8) is 0 Å². The molecule has 6 nitrogen and oxygen atoms in total. The fourth-order valence-electron chi connectivity index (χ4n) is 2.59. The molecule has 0 bridgehead atoms. The van der Waals surface area contributed by atoms with E-state index in [0.717, 1.165) is 25.1 Å². The van der Waals surface area contributed by atoms with Gasteiger partial charge in [-0.2, -0.15) is 5.10 Å². The summed E-state index contributed by atoms with van der Waals surface area (Å²) >= 11 is 5.14. The number of aromatic amines is 1. The van der Waals surface area contributed by atoms with Crippen LogP contribution in [0.1, 0.15) is 51.8 Å². The van der Waals surface area contributed by atoms with E-state index in [1.165, 1.54) is 0 Å². The van der Waals surface area contributed by atoms with Crippen LogP contribution in [0.2, 0.25) is 0 Å². The summed E-state index contributed by atoms with van der Waals surface area (Å²) < 4.78 is 7.78. The molecule has 2 atom stereocenters. The van der Waals surface area contributed by atoms with E-state index in [2.05, 4.69) is 15.5 Å². The number of ether oxygens (including phenoxy) is 1. The number of hydrogen-bond donors (Lipinski definition) is 2. The second-order valence-electron chi connectivity index (χ2n) is 6.24. The molecule has 1 aromatic rings. The third kappa shape index (κ3) is 3.39. The van der Waals surface area contributed by atoms with Gasteiger partial charge in [0.2, 0.25) is 0 Å². The lowest BCUT2D eigenvalue weighted by atomic mass is 10.0. The standard InChI is InChI=1S/C13H22N4O2S/c1-13(2,3)19-12(18)14-9-7-5-6-8(9)10-15-16-11(20)17(10)4/h8-9H,5-7H2,1-4H3,(H,14,18)(H,16,20)/t8-,9+/m1/s1. The molecule has 1 heterocycles. The Labute approximate surface area is 123 Å². The van der Waals surface area contributed by atoms with E-state index >= 15 is 0 Å². The van der Waals surface area contributed by atoms with Crippen molar-refractivity contribution in [2.45, 2.75) is 57.6 Å². The number of nitrogens with one attached hydrogen (secondary N) is 2. The number of hydrogen-bond acceptors (Lipinski definition) is 4. The molecule has 0 aromatic carbocycles. The molecule has 20 heavy (non-hydrogen) atoms. The normalized spacial score (nSPS) is 22.8. The Morgan fingerprint density at radius 2 is 2.20 bits per heavy atom. The van der Waals surface area contributed by atoms with E-state index in [1.54, 1.807) is 0 Å². The molecular weight excluding hydrogens is 276 g/mol. The number of nitrogens with zero attached hydrogens (tertiary/aromatic N) is 2. The molecule has 2 rings (SSSR count). The molecule has 0 radical (unpaired) electrons. The number of alkyl carbamates (subject to hydrolysis) is 1. The summed E-state index contributed by atoms with van der Waals surface area (Å²) in [6, 6.07) is 0.0498. The maximum Gasteiger partial charge on any atom is 0.407 e. The fourth-order valence-corrected chi connectivity index (χ4v) is 2.73. The molecule has 112 valence electrons. The van der Waals surface area contributed by atoms with E-state index < -0.39 is 5.60 Å². The molecule has 0 spiro atoms. The van der Waals surface area contributed by atoms with Crippen molar-refractivity contribution in [1.29, 1.82) is 0 Å². The van der Waals surface area contributed by atoms with Crippen LogP contribution in [0, 0.1) is 4.77 Å². The first-order valence-electron chi connectivity index (χ1n) is 6.89. The van der Waals surface area contributed by atoms with E-state index in [0.29, 0.717) is 4.77 Å². The molecule has 1 aliphatic carbocycles. The van der Waals surface area contributed by atoms with Gasteiger partial charge in [0.15, 0.2) is 4.77 Å². The molecular formula is C13H22N4O2S. The Morgan fingerprint density at radius 3 is 2.75 bits per heavy atom. The average molecular weight is 298 g/mol. The molecule has 0 saturated heterocycles. The van der Waals surface area contributed by atoms with E-state index in [-0.39, 0.29) is 18.1 Å². The maximum absolute atomic E-state index is 11.9. The number of carbonyl (C=O) groups excluding carboxylic acids is 1. The van der Waals surface area contributed by atoms with Gasteiger partial charge < -0.3 is 14.6 Å². The van der Waals surface area contributed by atoms with Gasteiger partial charge in [0.25, 0.3) is 0 Å². The van der Waals surface area contributed by atoms with E-state index in [9.17, 15) is 4.79 Å². The van der Waals surface area contributed by atoms with Gasteiger partial charge in [0.1, 0.15) is 11.4 Å². The number of rotatable bonds is 2. The molecule has 0 aliphatic heterocycles. The molecule has 1 aliphatic rings. The van der Waals surface area contributed by atoms with Crippen molar-refractivity contribution < 1.29 is 9.53 Å². The van der Waals surface area contributed by atoms with Crippen molar-refractivity contribution in [2.75, 3.05) is 0 Å². The smallest absolute Gasteiger partial charge is 0.407 e. The van der Waals surface area contributed by atoms with Crippen molar-refractivity contribution in [2.24, 2.45) is 7.05 Å². The van der Waals surface area contributed by atoms with Crippen molar-refractivity contribution in [1.82, 2.24) is 20.1 Å². The quantitative estimate of drug-likeness (QED) is 0.823.